The van der Waals surface area contributed by atoms with Gasteiger partial charge in [-0.1, -0.05) is 28.5 Å². The Hall–Kier alpha value is -1.08. The van der Waals surface area contributed by atoms with Gasteiger partial charge in [-0.05, 0) is 74.7 Å². The summed E-state index contributed by atoms with van der Waals surface area (Å²) in [5, 5.41) is 8.47. The van der Waals surface area contributed by atoms with E-state index in [-0.39, 0.29) is 32.8 Å². The largest absolute Gasteiger partial charge is 0.348 e. The number of aromatic nitrogens is 3. The molecule has 0 atom stereocenters. The lowest BCUT2D eigenvalue weighted by atomic mass is 10.1. The molecule has 0 unspecified atom stereocenters. The minimum atomic E-state index is -3.94. The Morgan fingerprint density at radius 1 is 0.914 bits per heavy atom. The van der Waals surface area contributed by atoms with Gasteiger partial charge in [0.2, 0.25) is 0 Å². The maximum atomic E-state index is 14.0. The molecule has 11 heteroatoms. The lowest BCUT2D eigenvalue weighted by molar-refractivity contribution is 0.179. The third kappa shape index (κ3) is 9.07. The molecule has 0 aliphatic rings. The van der Waals surface area contributed by atoms with Crippen LogP contribution >= 0.6 is 15.2 Å². The minimum Gasteiger partial charge on any atom is -0.308 e. The van der Waals surface area contributed by atoms with Crippen molar-refractivity contribution in [1.29, 1.82) is 0 Å². The van der Waals surface area contributed by atoms with Gasteiger partial charge >= 0.3 is 15.2 Å². The molecule has 1 heterocycles. The van der Waals surface area contributed by atoms with Crippen molar-refractivity contribution in [3.63, 3.8) is 0 Å². The lowest BCUT2D eigenvalue weighted by Crippen LogP contribution is -2.32. The van der Waals surface area contributed by atoms with Crippen LogP contribution in [0.5, 0.6) is 0 Å². The summed E-state index contributed by atoms with van der Waals surface area (Å²) < 4.78 is 52.2. The fourth-order valence-electron chi connectivity index (χ4n) is 3.66. The van der Waals surface area contributed by atoms with Crippen molar-refractivity contribution in [1.82, 2.24) is 15.0 Å². The molecule has 0 N–H and O–H groups in total. The van der Waals surface area contributed by atoms with Gasteiger partial charge in [0.1, 0.15) is 0 Å². The summed E-state index contributed by atoms with van der Waals surface area (Å²) in [4.78, 5) is -1.60. The average molecular weight is 534 g/mol. The molecule has 0 saturated carbocycles. The smallest absolute Gasteiger partial charge is 0.308 e. The second-order valence-corrected chi connectivity index (χ2v) is 14.0. The highest BCUT2D eigenvalue weighted by molar-refractivity contribution is 7.74. The molecule has 202 valence electrons. The SMILES string of the molecule is CCOP(=O)(OCC)C(C)(Cc1cn(CCC=C(C)CCC=C(C)C)nn1)P(=O)(OCC)OCC. The van der Waals surface area contributed by atoms with Gasteiger partial charge in [0, 0.05) is 19.2 Å². The molecule has 0 spiro atoms. The van der Waals surface area contributed by atoms with Crippen molar-refractivity contribution in [3.05, 3.63) is 35.2 Å². The minimum absolute atomic E-state index is 0.000867. The Balaban J connectivity index is 3.15. The lowest BCUT2D eigenvalue weighted by Gasteiger charge is -2.39. The topological polar surface area (TPSA) is 102 Å². The van der Waals surface area contributed by atoms with E-state index in [1.165, 1.54) is 11.1 Å². The maximum Gasteiger partial charge on any atom is 0.348 e. The summed E-state index contributed by atoms with van der Waals surface area (Å²) in [5.41, 5.74) is 3.17. The van der Waals surface area contributed by atoms with Crippen LogP contribution in [0, 0.1) is 0 Å². The Bertz CT molecular complexity index is 874. The molecule has 0 saturated heterocycles. The molecule has 0 bridgehead atoms. The van der Waals surface area contributed by atoms with E-state index in [4.69, 9.17) is 18.1 Å². The zero-order valence-electron chi connectivity index (χ0n) is 22.8. The van der Waals surface area contributed by atoms with Crippen molar-refractivity contribution in [3.8, 4) is 0 Å². The molecular formula is C24H45N3O6P2. The zero-order chi connectivity index (χ0) is 26.5. The van der Waals surface area contributed by atoms with E-state index in [1.807, 2.05) is 0 Å². The van der Waals surface area contributed by atoms with Crippen molar-refractivity contribution >= 4 is 15.2 Å². The Morgan fingerprint density at radius 2 is 1.43 bits per heavy atom. The number of hydrogen-bond acceptors (Lipinski definition) is 8. The van der Waals surface area contributed by atoms with E-state index in [2.05, 4.69) is 43.2 Å². The van der Waals surface area contributed by atoms with E-state index >= 15 is 0 Å². The van der Waals surface area contributed by atoms with Crippen LogP contribution in [0.4, 0.5) is 0 Å². The molecule has 35 heavy (non-hydrogen) atoms. The standard InChI is InChI=1S/C24H45N3O6P2/c1-9-30-34(28,31-10-2)24(8,35(29,32-11-3)33-12-4)19-23-20-27(26-25-23)18-14-17-22(7)16-13-15-21(5)6/h15,17,20H,9-14,16,18-19H2,1-8H3. The highest BCUT2D eigenvalue weighted by atomic mass is 31.2. The van der Waals surface area contributed by atoms with Gasteiger partial charge in [-0.2, -0.15) is 0 Å². The molecule has 0 fully saturated rings. The Labute approximate surface area is 211 Å². The normalized spacial score (nSPS) is 13.3. The van der Waals surface area contributed by atoms with Gasteiger partial charge in [0.05, 0.1) is 32.1 Å². The molecule has 0 amide bonds. The van der Waals surface area contributed by atoms with Crippen molar-refractivity contribution < 1.29 is 27.2 Å². The predicted molar refractivity (Wildman–Crippen MR) is 141 cm³/mol. The van der Waals surface area contributed by atoms with E-state index in [0.717, 1.165) is 19.3 Å². The van der Waals surface area contributed by atoms with Crippen molar-refractivity contribution in [2.45, 2.75) is 92.5 Å². The first kappa shape index (κ1) is 31.9. The second-order valence-electron chi connectivity index (χ2n) is 8.69. The van der Waals surface area contributed by atoms with Crippen LogP contribution in [0.15, 0.2) is 29.5 Å². The molecule has 0 aliphatic heterocycles. The van der Waals surface area contributed by atoms with Crippen LogP contribution < -0.4 is 0 Å². The molecule has 0 aliphatic carbocycles. The first-order valence-electron chi connectivity index (χ1n) is 12.5. The second kappa shape index (κ2) is 15.2. The number of hydrogen-bond donors (Lipinski definition) is 0. The van der Waals surface area contributed by atoms with E-state index in [9.17, 15) is 9.13 Å². The molecule has 1 aromatic rings. The summed E-state index contributed by atoms with van der Waals surface area (Å²) in [6.07, 6.45) is 9.10. The molecular weight excluding hydrogens is 488 g/mol. The molecule has 1 rings (SSSR count). The van der Waals surface area contributed by atoms with Crippen LogP contribution in [0.25, 0.3) is 0 Å². The molecule has 0 aromatic carbocycles. The van der Waals surface area contributed by atoms with Gasteiger partial charge in [0.25, 0.3) is 0 Å². The number of aryl methyl sites for hydroxylation is 1. The van der Waals surface area contributed by atoms with Gasteiger partial charge in [-0.15, -0.1) is 5.10 Å². The summed E-state index contributed by atoms with van der Waals surface area (Å²) in [6, 6.07) is 0. The third-order valence-corrected chi connectivity index (χ3v) is 12.0. The summed E-state index contributed by atoms with van der Waals surface area (Å²) in [5.74, 6) is 0. The maximum absolute atomic E-state index is 14.0. The van der Waals surface area contributed by atoms with Crippen molar-refractivity contribution in [2.24, 2.45) is 0 Å². The average Bonchev–Trinajstić information content (AvgIpc) is 3.21. The van der Waals surface area contributed by atoms with Gasteiger partial charge < -0.3 is 18.1 Å². The first-order chi connectivity index (χ1) is 16.5. The van der Waals surface area contributed by atoms with Crippen LogP contribution in [-0.4, -0.2) is 46.3 Å². The van der Waals surface area contributed by atoms with Crippen LogP contribution in [0.3, 0.4) is 0 Å². The Morgan fingerprint density at radius 3 is 1.89 bits per heavy atom. The highest BCUT2D eigenvalue weighted by Crippen LogP contribution is 2.78. The third-order valence-electron chi connectivity index (χ3n) is 5.42. The summed E-state index contributed by atoms with van der Waals surface area (Å²) in [6.45, 7) is 15.9. The summed E-state index contributed by atoms with van der Waals surface area (Å²) >= 11 is 0. The van der Waals surface area contributed by atoms with Crippen LogP contribution in [0.2, 0.25) is 0 Å². The summed E-state index contributed by atoms with van der Waals surface area (Å²) in [7, 11) is -7.87. The Kier molecular flexibility index (Phi) is 13.9. The molecule has 9 nitrogen and oxygen atoms in total. The number of allylic oxidation sites excluding steroid dienone is 4. The van der Waals surface area contributed by atoms with Crippen LogP contribution in [0.1, 0.15) is 80.3 Å². The van der Waals surface area contributed by atoms with E-state index in [0.29, 0.717) is 12.2 Å². The van der Waals surface area contributed by atoms with Crippen molar-refractivity contribution in [2.75, 3.05) is 26.4 Å². The molecule has 0 radical (unpaired) electrons. The van der Waals surface area contributed by atoms with Crippen LogP contribution in [-0.2, 0) is 40.2 Å². The fourth-order valence-corrected chi connectivity index (χ4v) is 8.89. The van der Waals surface area contributed by atoms with E-state index < -0.39 is 20.1 Å². The number of rotatable bonds is 18. The monoisotopic (exact) mass is 533 g/mol. The predicted octanol–water partition coefficient (Wildman–Crippen LogP) is 7.15. The zero-order valence-corrected chi connectivity index (χ0v) is 24.6. The van der Waals surface area contributed by atoms with Gasteiger partial charge in [0.15, 0.2) is 4.90 Å². The number of nitrogens with zero attached hydrogens (tertiary/aromatic N) is 3. The highest BCUT2D eigenvalue weighted by Gasteiger charge is 2.62. The quantitative estimate of drug-likeness (QED) is 0.145. The van der Waals surface area contributed by atoms with Gasteiger partial charge in [-0.3, -0.25) is 13.8 Å². The van der Waals surface area contributed by atoms with Gasteiger partial charge in [-0.25, -0.2) is 0 Å². The van der Waals surface area contributed by atoms with E-state index in [1.54, 1.807) is 45.5 Å². The molecule has 1 aromatic heterocycles. The first-order valence-corrected chi connectivity index (χ1v) is 15.6. The fraction of sp³-hybridized carbons (Fsp3) is 0.750.